The Morgan fingerprint density at radius 1 is 1.18 bits per heavy atom. The zero-order valence-corrected chi connectivity index (χ0v) is 20.0. The van der Waals surface area contributed by atoms with Crippen molar-refractivity contribution < 1.29 is 28.7 Å². The van der Waals surface area contributed by atoms with Crippen molar-refractivity contribution in [1.29, 1.82) is 0 Å². The Labute approximate surface area is 202 Å². The Morgan fingerprint density at radius 2 is 1.91 bits per heavy atom. The van der Waals surface area contributed by atoms with Crippen LogP contribution in [-0.4, -0.2) is 69.6 Å². The molecule has 3 aliphatic rings. The Balaban J connectivity index is 1.31. The van der Waals surface area contributed by atoms with Gasteiger partial charge in [0.15, 0.2) is 0 Å². The van der Waals surface area contributed by atoms with Gasteiger partial charge in [-0.1, -0.05) is 36.4 Å². The van der Waals surface area contributed by atoms with Gasteiger partial charge >= 0.3 is 11.9 Å². The summed E-state index contributed by atoms with van der Waals surface area (Å²) in [5.74, 6) is -1.79. The van der Waals surface area contributed by atoms with Crippen molar-refractivity contribution in [2.75, 3.05) is 13.8 Å². The van der Waals surface area contributed by atoms with E-state index in [2.05, 4.69) is 5.32 Å². The first-order valence-electron chi connectivity index (χ1n) is 10.9. The van der Waals surface area contributed by atoms with Gasteiger partial charge < -0.3 is 24.6 Å². The van der Waals surface area contributed by atoms with E-state index < -0.39 is 35.6 Å². The van der Waals surface area contributed by atoms with Crippen molar-refractivity contribution in [1.82, 2.24) is 15.1 Å². The molecule has 34 heavy (non-hydrogen) atoms. The molecule has 10 heteroatoms. The van der Waals surface area contributed by atoms with Crippen molar-refractivity contribution in [3.05, 3.63) is 59.9 Å². The van der Waals surface area contributed by atoms with Crippen LogP contribution >= 0.6 is 11.8 Å². The minimum absolute atomic E-state index is 0.171. The molecule has 0 aliphatic carbocycles. The first kappa shape index (κ1) is 23.9. The molecule has 0 aromatic heterocycles. The number of nitrogens with zero attached hydrogens (tertiary/aromatic N) is 2. The molecule has 2 amide bonds. The number of benzene rings is 1. The van der Waals surface area contributed by atoms with E-state index in [4.69, 9.17) is 9.47 Å². The Hall–Kier alpha value is -3.27. The zero-order valence-electron chi connectivity index (χ0n) is 19.2. The van der Waals surface area contributed by atoms with Gasteiger partial charge in [-0.2, -0.15) is 0 Å². The minimum atomic E-state index is -0.848. The molecular weight excluding hydrogens is 458 g/mol. The zero-order chi connectivity index (χ0) is 24.5. The number of rotatable bonds is 7. The minimum Gasteiger partial charge on any atom is -0.426 e. The summed E-state index contributed by atoms with van der Waals surface area (Å²) in [7, 11) is 1.79. The Kier molecular flexibility index (Phi) is 6.70. The van der Waals surface area contributed by atoms with E-state index in [1.807, 2.05) is 56.5 Å². The van der Waals surface area contributed by atoms with Gasteiger partial charge in [0.05, 0.1) is 12.0 Å². The molecule has 180 valence electrons. The van der Waals surface area contributed by atoms with E-state index in [0.29, 0.717) is 12.0 Å². The Morgan fingerprint density at radius 3 is 2.62 bits per heavy atom. The number of carbonyl (C=O) groups is 4. The average Bonchev–Trinajstić information content (AvgIpc) is 3.05. The molecule has 0 bridgehead atoms. The molecule has 0 radical (unpaired) electrons. The van der Waals surface area contributed by atoms with E-state index in [0.717, 1.165) is 5.56 Å². The van der Waals surface area contributed by atoms with Crippen molar-refractivity contribution in [2.24, 2.45) is 0 Å². The molecule has 0 spiro atoms. The van der Waals surface area contributed by atoms with Crippen LogP contribution in [0.25, 0.3) is 0 Å². The van der Waals surface area contributed by atoms with Gasteiger partial charge in [0.2, 0.25) is 18.6 Å². The molecule has 0 saturated carbocycles. The van der Waals surface area contributed by atoms with Crippen LogP contribution in [0, 0.1) is 0 Å². The standard InChI is InChI=1S/C24H27N3O6S/c1-24(2)19(23(31)33-14-32-22(30)16-10-7-11-26(3)13-16)27-20(29)18(21(27)34-24)25-17(28)12-15-8-5-4-6-9-15/h4-9,11,13,18-19,21H,10,12,14H2,1-3H3,(H,25,28)/t18-,19?,21-/m1/s1. The number of ether oxygens (including phenoxy) is 2. The lowest BCUT2D eigenvalue weighted by atomic mass is 9.96. The molecular formula is C24H27N3O6S. The number of allylic oxidation sites excluding steroid dienone is 1. The highest BCUT2D eigenvalue weighted by molar-refractivity contribution is 8.01. The van der Waals surface area contributed by atoms with E-state index in [9.17, 15) is 19.2 Å². The van der Waals surface area contributed by atoms with Crippen LogP contribution in [0.2, 0.25) is 0 Å². The van der Waals surface area contributed by atoms with E-state index in [1.165, 1.54) is 16.7 Å². The normalized spacial score (nSPS) is 24.6. The van der Waals surface area contributed by atoms with Crippen LogP contribution in [0.3, 0.4) is 0 Å². The molecule has 3 heterocycles. The average molecular weight is 486 g/mol. The highest BCUT2D eigenvalue weighted by Crippen LogP contribution is 2.51. The maximum atomic E-state index is 12.8. The summed E-state index contributed by atoms with van der Waals surface area (Å²) >= 11 is 1.44. The van der Waals surface area contributed by atoms with Crippen molar-refractivity contribution in [3.8, 4) is 0 Å². The number of hydrogen-bond acceptors (Lipinski definition) is 8. The van der Waals surface area contributed by atoms with Gasteiger partial charge in [-0.05, 0) is 25.6 Å². The number of thioether (sulfide) groups is 1. The predicted molar refractivity (Wildman–Crippen MR) is 125 cm³/mol. The number of hydrogen-bond donors (Lipinski definition) is 1. The van der Waals surface area contributed by atoms with Crippen molar-refractivity contribution >= 4 is 35.5 Å². The second-order valence-corrected chi connectivity index (χ2v) is 10.7. The van der Waals surface area contributed by atoms with Crippen LogP contribution in [0.1, 0.15) is 25.8 Å². The maximum absolute atomic E-state index is 12.8. The molecule has 9 nitrogen and oxygen atoms in total. The van der Waals surface area contributed by atoms with Gasteiger partial charge in [0.1, 0.15) is 17.5 Å². The summed E-state index contributed by atoms with van der Waals surface area (Å²) in [4.78, 5) is 53.5. The fraction of sp³-hybridized carbons (Fsp3) is 0.417. The molecule has 3 atom stereocenters. The highest BCUT2D eigenvalue weighted by Gasteiger charge is 2.64. The largest absolute Gasteiger partial charge is 0.426 e. The van der Waals surface area contributed by atoms with Gasteiger partial charge in [-0.15, -0.1) is 11.8 Å². The number of nitrogens with one attached hydrogen (secondary N) is 1. The molecule has 1 aromatic carbocycles. The Bertz CT molecular complexity index is 1050. The summed E-state index contributed by atoms with van der Waals surface area (Å²) in [6.45, 7) is 3.15. The molecule has 2 saturated heterocycles. The van der Waals surface area contributed by atoms with E-state index in [1.54, 1.807) is 18.1 Å². The second-order valence-electron chi connectivity index (χ2n) is 8.89. The SMILES string of the molecule is CN1C=CCC(C(=O)OCOC(=O)C2N3C(=O)[C@@H](NC(=O)Cc4ccccc4)[C@H]3SC2(C)C)=C1. The van der Waals surface area contributed by atoms with Gasteiger partial charge in [0.25, 0.3) is 0 Å². The maximum Gasteiger partial charge on any atom is 0.338 e. The van der Waals surface area contributed by atoms with Gasteiger partial charge in [-0.3, -0.25) is 9.59 Å². The quantitative estimate of drug-likeness (QED) is 0.352. The van der Waals surface area contributed by atoms with Gasteiger partial charge in [0, 0.05) is 24.4 Å². The first-order chi connectivity index (χ1) is 16.2. The first-order valence-corrected chi connectivity index (χ1v) is 11.8. The van der Waals surface area contributed by atoms with Crippen LogP contribution in [0.4, 0.5) is 0 Å². The number of carbonyl (C=O) groups excluding carboxylic acids is 4. The molecule has 3 aliphatic heterocycles. The lowest BCUT2D eigenvalue weighted by Crippen LogP contribution is -2.70. The lowest BCUT2D eigenvalue weighted by Gasteiger charge is -2.43. The van der Waals surface area contributed by atoms with Crippen LogP contribution in [-0.2, 0) is 35.1 Å². The van der Waals surface area contributed by atoms with Crippen molar-refractivity contribution in [2.45, 2.75) is 48.9 Å². The van der Waals surface area contributed by atoms with E-state index >= 15 is 0 Å². The second kappa shape index (κ2) is 9.54. The van der Waals surface area contributed by atoms with Crippen LogP contribution in [0.5, 0.6) is 0 Å². The van der Waals surface area contributed by atoms with Crippen LogP contribution < -0.4 is 5.32 Å². The van der Waals surface area contributed by atoms with Crippen molar-refractivity contribution in [3.63, 3.8) is 0 Å². The summed E-state index contributed by atoms with van der Waals surface area (Å²) in [6.07, 6.45) is 5.91. The molecule has 4 rings (SSSR count). The van der Waals surface area contributed by atoms with Gasteiger partial charge in [-0.25, -0.2) is 9.59 Å². The highest BCUT2D eigenvalue weighted by atomic mass is 32.2. The fourth-order valence-corrected chi connectivity index (χ4v) is 5.89. The number of esters is 2. The molecule has 1 unspecified atom stereocenters. The molecule has 2 fully saturated rings. The summed E-state index contributed by atoms with van der Waals surface area (Å²) in [5.41, 5.74) is 1.30. The number of β-lactam (4-membered cyclic amide) rings is 1. The summed E-state index contributed by atoms with van der Waals surface area (Å²) in [5, 5.41) is 2.43. The number of fused-ring (bicyclic) bond motifs is 1. The topological polar surface area (TPSA) is 105 Å². The lowest BCUT2D eigenvalue weighted by molar-refractivity contribution is -0.175. The smallest absolute Gasteiger partial charge is 0.338 e. The van der Waals surface area contributed by atoms with Crippen LogP contribution in [0.15, 0.2) is 54.4 Å². The van der Waals surface area contributed by atoms with E-state index in [-0.39, 0.29) is 23.6 Å². The summed E-state index contributed by atoms with van der Waals surface area (Å²) in [6, 6.07) is 7.72. The fourth-order valence-electron chi connectivity index (χ4n) is 4.27. The predicted octanol–water partition coefficient (Wildman–Crippen LogP) is 1.55. The third-order valence-electron chi connectivity index (χ3n) is 5.88. The molecule has 1 N–H and O–H groups in total. The third-order valence-corrected chi connectivity index (χ3v) is 7.45. The number of amides is 2. The molecule has 1 aromatic rings. The third kappa shape index (κ3) is 4.82. The summed E-state index contributed by atoms with van der Waals surface area (Å²) < 4.78 is 9.66. The monoisotopic (exact) mass is 485 g/mol.